The fourth-order valence-electron chi connectivity index (χ4n) is 5.27. The Hall–Kier alpha value is -3.12. The van der Waals surface area contributed by atoms with Gasteiger partial charge >= 0.3 is 0 Å². The van der Waals surface area contributed by atoms with E-state index in [2.05, 4.69) is 62.6 Å². The first-order chi connectivity index (χ1) is 16.7. The van der Waals surface area contributed by atoms with Crippen molar-refractivity contribution in [1.29, 1.82) is 0 Å². The first-order valence-corrected chi connectivity index (χ1v) is 12.7. The van der Waals surface area contributed by atoms with E-state index in [1.54, 1.807) is 0 Å². The van der Waals surface area contributed by atoms with E-state index in [1.165, 1.54) is 31.4 Å². The molecular formula is C28H35N5O. The Morgan fingerprint density at radius 1 is 0.971 bits per heavy atom. The molecule has 2 fully saturated rings. The number of carbonyl (C=O) groups excluding carboxylic acids is 1. The molecule has 2 aliphatic heterocycles. The standard InChI is InChI=1S/C28H35N5O/c1-2-32-18-6-7-25(32)20-29-28(34)23-10-8-21(9-11-23)26-19-27(31-30-26)22-12-14-24(15-13-22)33-16-4-3-5-17-33/h8-15,19,25H,2-7,16-18,20H2,1H3,(H,29,34)(H,30,31)/t25-/m0/s1. The highest BCUT2D eigenvalue weighted by atomic mass is 16.1. The minimum absolute atomic E-state index is 0.00593. The summed E-state index contributed by atoms with van der Waals surface area (Å²) in [6.45, 7) is 7.39. The molecule has 2 N–H and O–H groups in total. The van der Waals surface area contributed by atoms with Gasteiger partial charge in [-0.15, -0.1) is 0 Å². The number of aromatic nitrogens is 2. The van der Waals surface area contributed by atoms with Crippen molar-refractivity contribution >= 4 is 11.6 Å². The van der Waals surface area contributed by atoms with Gasteiger partial charge in [-0.05, 0) is 81.1 Å². The fourth-order valence-corrected chi connectivity index (χ4v) is 5.27. The number of anilines is 1. The van der Waals surface area contributed by atoms with Crippen LogP contribution in [-0.2, 0) is 0 Å². The molecule has 0 unspecified atom stereocenters. The molecule has 1 atom stereocenters. The van der Waals surface area contributed by atoms with Crippen LogP contribution < -0.4 is 10.2 Å². The van der Waals surface area contributed by atoms with Crippen LogP contribution in [0.5, 0.6) is 0 Å². The highest BCUT2D eigenvalue weighted by molar-refractivity contribution is 5.94. The van der Waals surface area contributed by atoms with Gasteiger partial charge in [0, 0.05) is 42.5 Å². The lowest BCUT2D eigenvalue weighted by Crippen LogP contribution is -2.40. The molecule has 2 aromatic carbocycles. The van der Waals surface area contributed by atoms with Gasteiger partial charge in [-0.2, -0.15) is 5.10 Å². The van der Waals surface area contributed by atoms with E-state index >= 15 is 0 Å². The molecule has 0 radical (unpaired) electrons. The van der Waals surface area contributed by atoms with Crippen molar-refractivity contribution in [1.82, 2.24) is 20.4 Å². The molecule has 2 aliphatic rings. The quantitative estimate of drug-likeness (QED) is 0.527. The number of amides is 1. The average molecular weight is 458 g/mol. The summed E-state index contributed by atoms with van der Waals surface area (Å²) in [6.07, 6.45) is 6.29. The minimum Gasteiger partial charge on any atom is -0.372 e. The van der Waals surface area contributed by atoms with Gasteiger partial charge in [0.05, 0.1) is 11.4 Å². The van der Waals surface area contributed by atoms with Gasteiger partial charge < -0.3 is 10.2 Å². The van der Waals surface area contributed by atoms with Gasteiger partial charge in [0.15, 0.2) is 0 Å². The second-order valence-corrected chi connectivity index (χ2v) is 9.47. The van der Waals surface area contributed by atoms with Crippen LogP contribution in [0.2, 0.25) is 0 Å². The maximum Gasteiger partial charge on any atom is 0.251 e. The van der Waals surface area contributed by atoms with Crippen LogP contribution in [0, 0.1) is 0 Å². The van der Waals surface area contributed by atoms with Crippen molar-refractivity contribution in [2.24, 2.45) is 0 Å². The zero-order valence-corrected chi connectivity index (χ0v) is 20.1. The van der Waals surface area contributed by atoms with E-state index in [0.717, 1.165) is 61.7 Å². The Kier molecular flexibility index (Phi) is 6.95. The monoisotopic (exact) mass is 457 g/mol. The van der Waals surface area contributed by atoms with E-state index in [0.29, 0.717) is 11.6 Å². The number of likely N-dealkylation sites (tertiary alicyclic amines) is 1. The van der Waals surface area contributed by atoms with Crippen LogP contribution in [0.3, 0.4) is 0 Å². The summed E-state index contributed by atoms with van der Waals surface area (Å²) in [5, 5.41) is 10.8. The molecule has 6 nitrogen and oxygen atoms in total. The lowest BCUT2D eigenvalue weighted by Gasteiger charge is -2.28. The van der Waals surface area contributed by atoms with Crippen LogP contribution in [0.25, 0.3) is 22.5 Å². The number of hydrogen-bond donors (Lipinski definition) is 2. The van der Waals surface area contributed by atoms with E-state index in [4.69, 9.17) is 0 Å². The number of aromatic amines is 1. The Balaban J connectivity index is 1.20. The normalized spacial score (nSPS) is 18.9. The van der Waals surface area contributed by atoms with Crippen molar-refractivity contribution in [2.45, 2.75) is 45.1 Å². The van der Waals surface area contributed by atoms with Gasteiger partial charge in [-0.3, -0.25) is 14.8 Å². The predicted octanol–water partition coefficient (Wildman–Crippen LogP) is 4.95. The van der Waals surface area contributed by atoms with Gasteiger partial charge in [0.1, 0.15) is 0 Å². The fraction of sp³-hybridized carbons (Fsp3) is 0.429. The lowest BCUT2D eigenvalue weighted by molar-refractivity contribution is 0.0941. The maximum absolute atomic E-state index is 12.6. The highest BCUT2D eigenvalue weighted by Crippen LogP contribution is 2.27. The third-order valence-electron chi connectivity index (χ3n) is 7.32. The molecule has 1 amide bonds. The number of benzene rings is 2. The van der Waals surface area contributed by atoms with E-state index < -0.39 is 0 Å². The topological polar surface area (TPSA) is 64.3 Å². The molecule has 0 bridgehead atoms. The van der Waals surface area contributed by atoms with Gasteiger partial charge in [-0.25, -0.2) is 0 Å². The summed E-state index contributed by atoms with van der Waals surface area (Å²) in [4.78, 5) is 17.5. The van der Waals surface area contributed by atoms with Crippen LogP contribution in [0.15, 0.2) is 54.6 Å². The van der Waals surface area contributed by atoms with Crippen molar-refractivity contribution < 1.29 is 4.79 Å². The van der Waals surface area contributed by atoms with Gasteiger partial charge in [0.25, 0.3) is 5.91 Å². The summed E-state index contributed by atoms with van der Waals surface area (Å²) < 4.78 is 0. The van der Waals surface area contributed by atoms with Crippen molar-refractivity contribution in [2.75, 3.05) is 37.6 Å². The van der Waals surface area contributed by atoms with Crippen molar-refractivity contribution in [3.63, 3.8) is 0 Å². The molecule has 6 heteroatoms. The molecule has 0 spiro atoms. The summed E-state index contributed by atoms with van der Waals surface area (Å²) in [5.41, 5.74) is 5.99. The molecule has 0 aliphatic carbocycles. The molecule has 3 aromatic rings. The molecule has 34 heavy (non-hydrogen) atoms. The van der Waals surface area contributed by atoms with E-state index in [-0.39, 0.29) is 5.91 Å². The number of nitrogens with one attached hydrogen (secondary N) is 2. The van der Waals surface area contributed by atoms with Gasteiger partial charge in [-0.1, -0.05) is 31.2 Å². The van der Waals surface area contributed by atoms with Crippen LogP contribution in [0.4, 0.5) is 5.69 Å². The Labute approximate surface area is 202 Å². The second-order valence-electron chi connectivity index (χ2n) is 9.47. The van der Waals surface area contributed by atoms with E-state index in [9.17, 15) is 4.79 Å². The van der Waals surface area contributed by atoms with Crippen LogP contribution >= 0.6 is 0 Å². The first kappa shape index (κ1) is 22.7. The molecule has 2 saturated heterocycles. The van der Waals surface area contributed by atoms with E-state index in [1.807, 2.05) is 24.3 Å². The van der Waals surface area contributed by atoms with Crippen LogP contribution in [0.1, 0.15) is 49.4 Å². The van der Waals surface area contributed by atoms with Crippen LogP contribution in [-0.4, -0.2) is 59.8 Å². The number of carbonyl (C=O) groups is 1. The number of nitrogens with zero attached hydrogens (tertiary/aromatic N) is 3. The zero-order chi connectivity index (χ0) is 23.3. The maximum atomic E-state index is 12.6. The minimum atomic E-state index is -0.00593. The molecule has 178 valence electrons. The molecule has 0 saturated carbocycles. The Bertz CT molecular complexity index is 1080. The molecular weight excluding hydrogens is 422 g/mol. The van der Waals surface area contributed by atoms with Gasteiger partial charge in [0.2, 0.25) is 0 Å². The summed E-state index contributed by atoms with van der Waals surface area (Å²) in [6, 6.07) is 19.0. The first-order valence-electron chi connectivity index (χ1n) is 12.7. The number of likely N-dealkylation sites (N-methyl/N-ethyl adjacent to an activating group) is 1. The van der Waals surface area contributed by atoms with Crippen molar-refractivity contribution in [3.8, 4) is 22.5 Å². The number of hydrogen-bond acceptors (Lipinski definition) is 4. The molecule has 3 heterocycles. The zero-order valence-electron chi connectivity index (χ0n) is 20.1. The molecule has 1 aromatic heterocycles. The number of rotatable bonds is 7. The third kappa shape index (κ3) is 5.02. The average Bonchev–Trinajstić information content (AvgIpc) is 3.58. The Morgan fingerprint density at radius 2 is 1.71 bits per heavy atom. The third-order valence-corrected chi connectivity index (χ3v) is 7.32. The predicted molar refractivity (Wildman–Crippen MR) is 138 cm³/mol. The second kappa shape index (κ2) is 10.4. The summed E-state index contributed by atoms with van der Waals surface area (Å²) >= 11 is 0. The number of H-pyrrole nitrogens is 1. The summed E-state index contributed by atoms with van der Waals surface area (Å²) in [7, 11) is 0. The smallest absolute Gasteiger partial charge is 0.251 e. The summed E-state index contributed by atoms with van der Waals surface area (Å²) in [5.74, 6) is -0.00593. The Morgan fingerprint density at radius 3 is 2.44 bits per heavy atom. The number of piperidine rings is 1. The molecule has 5 rings (SSSR count). The highest BCUT2D eigenvalue weighted by Gasteiger charge is 2.23. The van der Waals surface area contributed by atoms with Crippen molar-refractivity contribution in [3.05, 3.63) is 60.2 Å². The SMILES string of the molecule is CCN1CCC[C@H]1CNC(=O)c1ccc(-c2cc(-c3ccc(N4CCCCC4)cc3)n[nH]2)cc1. The lowest BCUT2D eigenvalue weighted by atomic mass is 10.1. The largest absolute Gasteiger partial charge is 0.372 e.